The summed E-state index contributed by atoms with van der Waals surface area (Å²) in [7, 11) is 0. The number of rotatable bonds is 2. The molecule has 1 amide bonds. The highest BCUT2D eigenvalue weighted by Crippen LogP contribution is 2.30. The van der Waals surface area contributed by atoms with Crippen LogP contribution < -0.4 is 10.2 Å². The number of amides is 1. The minimum absolute atomic E-state index is 0.00426. The van der Waals surface area contributed by atoms with Crippen LogP contribution >= 0.6 is 0 Å². The molecule has 1 N–H and O–H groups in total. The summed E-state index contributed by atoms with van der Waals surface area (Å²) in [4.78, 5) is 23.1. The van der Waals surface area contributed by atoms with Gasteiger partial charge in [-0.05, 0) is 18.6 Å². The van der Waals surface area contributed by atoms with Gasteiger partial charge in [0, 0.05) is 13.1 Å². The Labute approximate surface area is 103 Å². The van der Waals surface area contributed by atoms with Crippen molar-refractivity contribution in [3.63, 3.8) is 0 Å². The molecule has 1 aliphatic heterocycles. The van der Waals surface area contributed by atoms with E-state index in [0.29, 0.717) is 19.5 Å². The van der Waals surface area contributed by atoms with E-state index in [1.807, 2.05) is 0 Å². The van der Waals surface area contributed by atoms with Gasteiger partial charge in [-0.15, -0.1) is 0 Å². The number of benzene rings is 1. The van der Waals surface area contributed by atoms with E-state index in [-0.39, 0.29) is 18.1 Å². The second kappa shape index (κ2) is 4.99. The Morgan fingerprint density at radius 3 is 2.94 bits per heavy atom. The first-order valence-corrected chi connectivity index (χ1v) is 5.54. The standard InChI is InChI=1S/C11H12FN3O3/c12-8-3-1-4-9(11(8)15(17)18)14-6-2-5-13-10(16)7-14/h1,3-4H,2,5-7H2,(H,13,16). The molecule has 96 valence electrons. The van der Waals surface area contributed by atoms with Gasteiger partial charge in [-0.1, -0.05) is 6.07 Å². The van der Waals surface area contributed by atoms with E-state index in [2.05, 4.69) is 5.32 Å². The Bertz CT molecular complexity index is 492. The molecule has 0 spiro atoms. The van der Waals surface area contributed by atoms with Gasteiger partial charge in [0.1, 0.15) is 5.69 Å². The molecule has 18 heavy (non-hydrogen) atoms. The molecule has 1 aromatic carbocycles. The normalized spacial score (nSPS) is 16.1. The first-order valence-electron chi connectivity index (χ1n) is 5.54. The number of nitro benzene ring substituents is 1. The van der Waals surface area contributed by atoms with Gasteiger partial charge in [-0.2, -0.15) is 4.39 Å². The number of carbonyl (C=O) groups excluding carboxylic acids is 1. The molecule has 0 bridgehead atoms. The third kappa shape index (κ3) is 2.39. The van der Waals surface area contributed by atoms with Gasteiger partial charge < -0.3 is 10.2 Å². The first-order chi connectivity index (χ1) is 8.59. The average molecular weight is 253 g/mol. The van der Waals surface area contributed by atoms with Crippen molar-refractivity contribution in [1.29, 1.82) is 0 Å². The minimum atomic E-state index is -0.887. The predicted octanol–water partition coefficient (Wildman–Crippen LogP) is 1.06. The van der Waals surface area contributed by atoms with Gasteiger partial charge in [0.2, 0.25) is 11.7 Å². The first kappa shape index (κ1) is 12.3. The molecular formula is C11H12FN3O3. The van der Waals surface area contributed by atoms with Gasteiger partial charge >= 0.3 is 5.69 Å². The number of nitro groups is 1. The second-order valence-corrected chi connectivity index (χ2v) is 3.99. The zero-order valence-corrected chi connectivity index (χ0v) is 9.56. The van der Waals surface area contributed by atoms with Crippen molar-refractivity contribution in [2.45, 2.75) is 6.42 Å². The monoisotopic (exact) mass is 253 g/mol. The highest BCUT2D eigenvalue weighted by Gasteiger charge is 2.26. The SMILES string of the molecule is O=C1CN(c2cccc(F)c2[N+](=O)[O-])CCCN1. The summed E-state index contributed by atoms with van der Waals surface area (Å²) >= 11 is 0. The predicted molar refractivity (Wildman–Crippen MR) is 62.9 cm³/mol. The fourth-order valence-electron chi connectivity index (χ4n) is 1.95. The van der Waals surface area contributed by atoms with E-state index in [1.54, 1.807) is 0 Å². The maximum Gasteiger partial charge on any atom is 0.327 e. The van der Waals surface area contributed by atoms with Crippen LogP contribution in [0.3, 0.4) is 0 Å². The van der Waals surface area contributed by atoms with Crippen LogP contribution in [0.1, 0.15) is 6.42 Å². The van der Waals surface area contributed by atoms with Crippen LogP contribution in [0.15, 0.2) is 18.2 Å². The zero-order chi connectivity index (χ0) is 13.1. The summed E-state index contributed by atoms with van der Waals surface area (Å²) in [5, 5.41) is 13.6. The van der Waals surface area contributed by atoms with E-state index < -0.39 is 16.4 Å². The van der Waals surface area contributed by atoms with Crippen molar-refractivity contribution in [2.24, 2.45) is 0 Å². The third-order valence-corrected chi connectivity index (χ3v) is 2.75. The van der Waals surface area contributed by atoms with Crippen molar-refractivity contribution in [2.75, 3.05) is 24.5 Å². The van der Waals surface area contributed by atoms with Crippen LogP contribution in [-0.4, -0.2) is 30.5 Å². The third-order valence-electron chi connectivity index (χ3n) is 2.75. The quantitative estimate of drug-likeness (QED) is 0.631. The van der Waals surface area contributed by atoms with Crippen molar-refractivity contribution < 1.29 is 14.1 Å². The van der Waals surface area contributed by atoms with Gasteiger partial charge in [0.25, 0.3) is 0 Å². The Morgan fingerprint density at radius 2 is 2.22 bits per heavy atom. The Balaban J connectivity index is 2.40. The van der Waals surface area contributed by atoms with Crippen LogP contribution in [0, 0.1) is 15.9 Å². The fraction of sp³-hybridized carbons (Fsp3) is 0.364. The summed E-state index contributed by atoms with van der Waals surface area (Å²) in [5.41, 5.74) is -0.427. The number of carbonyl (C=O) groups is 1. The maximum absolute atomic E-state index is 13.5. The lowest BCUT2D eigenvalue weighted by Crippen LogP contribution is -2.33. The van der Waals surface area contributed by atoms with E-state index in [1.165, 1.54) is 17.0 Å². The lowest BCUT2D eigenvalue weighted by Gasteiger charge is -2.20. The molecule has 1 fully saturated rings. The lowest BCUT2D eigenvalue weighted by molar-refractivity contribution is -0.386. The molecule has 6 nitrogen and oxygen atoms in total. The molecule has 1 aliphatic rings. The minimum Gasteiger partial charge on any atom is -0.357 e. The summed E-state index contributed by atoms with van der Waals surface area (Å²) in [6.45, 7) is 1.01. The number of nitrogens with one attached hydrogen (secondary N) is 1. The van der Waals surface area contributed by atoms with E-state index in [4.69, 9.17) is 0 Å². The van der Waals surface area contributed by atoms with Crippen LogP contribution in [0.2, 0.25) is 0 Å². The number of hydrogen-bond acceptors (Lipinski definition) is 4. The van der Waals surface area contributed by atoms with Crippen molar-refractivity contribution in [3.05, 3.63) is 34.1 Å². The van der Waals surface area contributed by atoms with Gasteiger partial charge in [0.05, 0.1) is 11.5 Å². The van der Waals surface area contributed by atoms with Gasteiger partial charge in [0.15, 0.2) is 0 Å². The van der Waals surface area contributed by atoms with E-state index in [0.717, 1.165) is 6.07 Å². The molecule has 0 unspecified atom stereocenters. The highest BCUT2D eigenvalue weighted by molar-refractivity contribution is 5.83. The second-order valence-electron chi connectivity index (χ2n) is 3.99. The number of halogens is 1. The van der Waals surface area contributed by atoms with E-state index >= 15 is 0 Å². The summed E-state index contributed by atoms with van der Waals surface area (Å²) in [6, 6.07) is 3.90. The number of anilines is 1. The van der Waals surface area contributed by atoms with Crippen LogP contribution in [0.4, 0.5) is 15.8 Å². The molecular weight excluding hydrogens is 241 g/mol. The smallest absolute Gasteiger partial charge is 0.327 e. The molecule has 0 aromatic heterocycles. The molecule has 0 aliphatic carbocycles. The number of para-hydroxylation sites is 1. The van der Waals surface area contributed by atoms with Crippen molar-refractivity contribution in [1.82, 2.24) is 5.32 Å². The Kier molecular flexibility index (Phi) is 3.40. The molecule has 0 saturated carbocycles. The maximum atomic E-state index is 13.5. The fourth-order valence-corrected chi connectivity index (χ4v) is 1.95. The molecule has 0 atom stereocenters. The summed E-state index contributed by atoms with van der Waals surface area (Å²) in [6.07, 6.45) is 0.666. The van der Waals surface area contributed by atoms with Crippen molar-refractivity contribution >= 4 is 17.3 Å². The van der Waals surface area contributed by atoms with Crippen LogP contribution in [0.25, 0.3) is 0 Å². The molecule has 1 aromatic rings. The molecule has 0 radical (unpaired) electrons. The highest BCUT2D eigenvalue weighted by atomic mass is 19.1. The van der Waals surface area contributed by atoms with Crippen LogP contribution in [-0.2, 0) is 4.79 Å². The zero-order valence-electron chi connectivity index (χ0n) is 9.56. The topological polar surface area (TPSA) is 75.5 Å². The molecule has 2 rings (SSSR count). The number of hydrogen-bond donors (Lipinski definition) is 1. The van der Waals surface area contributed by atoms with Gasteiger partial charge in [-0.25, -0.2) is 0 Å². The molecule has 7 heteroatoms. The summed E-state index contributed by atoms with van der Waals surface area (Å²) in [5.74, 6) is -1.10. The number of nitrogens with zero attached hydrogens (tertiary/aromatic N) is 2. The molecule has 1 heterocycles. The largest absolute Gasteiger partial charge is 0.357 e. The van der Waals surface area contributed by atoms with Gasteiger partial charge in [-0.3, -0.25) is 14.9 Å². The Hall–Kier alpha value is -2.18. The Morgan fingerprint density at radius 1 is 1.44 bits per heavy atom. The van der Waals surface area contributed by atoms with Crippen molar-refractivity contribution in [3.8, 4) is 0 Å². The van der Waals surface area contributed by atoms with Crippen LogP contribution in [0.5, 0.6) is 0 Å². The van der Waals surface area contributed by atoms with E-state index in [9.17, 15) is 19.3 Å². The summed E-state index contributed by atoms with van der Waals surface area (Å²) < 4.78 is 13.5. The average Bonchev–Trinajstić information content (AvgIpc) is 2.53. The molecule has 1 saturated heterocycles. The lowest BCUT2D eigenvalue weighted by atomic mass is 10.2.